The summed E-state index contributed by atoms with van der Waals surface area (Å²) in [7, 11) is -0.845. The summed E-state index contributed by atoms with van der Waals surface area (Å²) in [5.41, 5.74) is 7.62. The molecule has 0 saturated heterocycles. The fourth-order valence-corrected chi connectivity index (χ4v) is 4.52. The highest BCUT2D eigenvalue weighted by Crippen LogP contribution is 2.35. The fourth-order valence-electron chi connectivity index (χ4n) is 2.87. The summed E-state index contributed by atoms with van der Waals surface area (Å²) in [5.74, 6) is 1.94. The van der Waals surface area contributed by atoms with Crippen molar-refractivity contribution in [3.05, 3.63) is 17.7 Å². The second kappa shape index (κ2) is 6.04. The molecule has 1 atom stereocenters. The van der Waals surface area contributed by atoms with Gasteiger partial charge in [0.05, 0.1) is 5.75 Å². The third-order valence-corrected chi connectivity index (χ3v) is 5.84. The third kappa shape index (κ3) is 2.92. The lowest BCUT2D eigenvalue weighted by Gasteiger charge is -2.23. The first-order chi connectivity index (χ1) is 9.74. The van der Waals surface area contributed by atoms with Crippen molar-refractivity contribution in [1.29, 1.82) is 0 Å². The second-order valence-corrected chi connectivity index (χ2v) is 7.20. The van der Waals surface area contributed by atoms with Gasteiger partial charge in [0.2, 0.25) is 0 Å². The van der Waals surface area contributed by atoms with Gasteiger partial charge in [-0.3, -0.25) is 4.21 Å². The van der Waals surface area contributed by atoms with Crippen LogP contribution in [0.4, 0.5) is 5.69 Å². The molecule has 0 radical (unpaired) electrons. The molecule has 0 aromatic heterocycles. The van der Waals surface area contributed by atoms with Crippen LogP contribution in [0.1, 0.15) is 37.7 Å². The topological polar surface area (TPSA) is 61.6 Å². The Balaban J connectivity index is 1.74. The highest BCUT2D eigenvalue weighted by molar-refractivity contribution is 7.84. The molecule has 2 aliphatic rings. The van der Waals surface area contributed by atoms with Crippen LogP contribution in [-0.4, -0.2) is 22.7 Å². The van der Waals surface area contributed by atoms with E-state index in [1.807, 2.05) is 6.07 Å². The van der Waals surface area contributed by atoms with Gasteiger partial charge in [0.15, 0.2) is 11.5 Å². The molecule has 4 nitrogen and oxygen atoms in total. The molecule has 2 N–H and O–H groups in total. The van der Waals surface area contributed by atoms with Gasteiger partial charge in [-0.25, -0.2) is 0 Å². The molecule has 1 heterocycles. The Kier molecular flexibility index (Phi) is 4.15. The van der Waals surface area contributed by atoms with E-state index in [2.05, 4.69) is 0 Å². The van der Waals surface area contributed by atoms with Crippen molar-refractivity contribution in [3.8, 4) is 11.5 Å². The highest BCUT2D eigenvalue weighted by Gasteiger charge is 2.22. The van der Waals surface area contributed by atoms with E-state index >= 15 is 0 Å². The van der Waals surface area contributed by atoms with Crippen LogP contribution in [0.2, 0.25) is 0 Å². The van der Waals surface area contributed by atoms with Gasteiger partial charge in [0, 0.05) is 27.8 Å². The zero-order valence-electron chi connectivity index (χ0n) is 11.6. The molecule has 1 fully saturated rings. The van der Waals surface area contributed by atoms with E-state index < -0.39 is 10.8 Å². The van der Waals surface area contributed by atoms with Crippen LogP contribution in [0.25, 0.3) is 0 Å². The van der Waals surface area contributed by atoms with Gasteiger partial charge >= 0.3 is 0 Å². The zero-order chi connectivity index (χ0) is 13.9. The van der Waals surface area contributed by atoms with Crippen LogP contribution in [0.5, 0.6) is 11.5 Å². The number of anilines is 1. The number of benzene rings is 1. The van der Waals surface area contributed by atoms with E-state index in [1.165, 1.54) is 19.3 Å². The largest absolute Gasteiger partial charge is 0.486 e. The monoisotopic (exact) mass is 295 g/mol. The van der Waals surface area contributed by atoms with E-state index in [9.17, 15) is 4.21 Å². The van der Waals surface area contributed by atoms with Crippen molar-refractivity contribution >= 4 is 16.5 Å². The van der Waals surface area contributed by atoms with Crippen LogP contribution in [0.3, 0.4) is 0 Å². The molecular formula is C15H21NO3S. The van der Waals surface area contributed by atoms with Crippen molar-refractivity contribution in [2.75, 3.05) is 18.9 Å². The molecule has 1 saturated carbocycles. The molecule has 0 spiro atoms. The Morgan fingerprint density at radius 2 is 1.75 bits per heavy atom. The predicted octanol–water partition coefficient (Wildman–Crippen LogP) is 2.62. The van der Waals surface area contributed by atoms with Crippen molar-refractivity contribution < 1.29 is 13.7 Å². The fraction of sp³-hybridized carbons (Fsp3) is 0.600. The summed E-state index contributed by atoms with van der Waals surface area (Å²) in [4.78, 5) is 0. The molecule has 20 heavy (non-hydrogen) atoms. The first kappa shape index (κ1) is 13.7. The molecule has 3 rings (SSSR count). The number of hydrogen-bond donors (Lipinski definition) is 1. The van der Waals surface area contributed by atoms with E-state index in [-0.39, 0.29) is 0 Å². The average Bonchev–Trinajstić information content (AvgIpc) is 2.49. The summed E-state index contributed by atoms with van der Waals surface area (Å²) in [5, 5.41) is 0.330. The molecule has 1 aromatic rings. The maximum Gasteiger partial charge on any atom is 0.163 e. The molecule has 1 unspecified atom stereocenters. The minimum atomic E-state index is -0.845. The molecular weight excluding hydrogens is 274 g/mol. The highest BCUT2D eigenvalue weighted by atomic mass is 32.2. The maximum atomic E-state index is 12.5. The second-order valence-electron chi connectivity index (χ2n) is 5.48. The molecule has 5 heteroatoms. The van der Waals surface area contributed by atoms with Gasteiger partial charge in [-0.2, -0.15) is 0 Å². The molecule has 0 amide bonds. The number of rotatable bonds is 3. The minimum Gasteiger partial charge on any atom is -0.486 e. The average molecular weight is 295 g/mol. The summed E-state index contributed by atoms with van der Waals surface area (Å²) < 4.78 is 23.5. The first-order valence-electron chi connectivity index (χ1n) is 7.29. The molecule has 1 aliphatic carbocycles. The maximum absolute atomic E-state index is 12.5. The lowest BCUT2D eigenvalue weighted by molar-refractivity contribution is 0.171. The standard InChI is InChI=1S/C15H21NO3S/c16-13-9-15-14(18-6-7-19-15)8-11(13)10-20(17)12-4-2-1-3-5-12/h8-9,12H,1-7,10,16H2. The first-order valence-corrected chi connectivity index (χ1v) is 8.67. The van der Waals surface area contributed by atoms with E-state index in [0.717, 1.165) is 24.2 Å². The Morgan fingerprint density at radius 1 is 1.10 bits per heavy atom. The van der Waals surface area contributed by atoms with Crippen LogP contribution in [-0.2, 0) is 16.6 Å². The predicted molar refractivity (Wildman–Crippen MR) is 80.6 cm³/mol. The Hall–Kier alpha value is -1.23. The molecule has 1 aromatic carbocycles. The summed E-state index contributed by atoms with van der Waals surface area (Å²) in [6.07, 6.45) is 5.84. The van der Waals surface area contributed by atoms with Gasteiger partial charge in [-0.15, -0.1) is 0 Å². The van der Waals surface area contributed by atoms with Gasteiger partial charge in [-0.1, -0.05) is 19.3 Å². The molecule has 0 bridgehead atoms. The summed E-state index contributed by atoms with van der Waals surface area (Å²) >= 11 is 0. The lowest BCUT2D eigenvalue weighted by atomic mass is 10.0. The molecule has 110 valence electrons. The third-order valence-electron chi connectivity index (χ3n) is 4.03. The zero-order valence-corrected chi connectivity index (χ0v) is 12.4. The van der Waals surface area contributed by atoms with Crippen molar-refractivity contribution in [3.63, 3.8) is 0 Å². The Bertz CT molecular complexity index is 512. The minimum absolute atomic E-state index is 0.330. The summed E-state index contributed by atoms with van der Waals surface area (Å²) in [6.45, 7) is 1.11. The van der Waals surface area contributed by atoms with E-state index in [1.54, 1.807) is 6.07 Å². The SMILES string of the molecule is Nc1cc2c(cc1CS(=O)C1CCCCC1)OCCO2. The van der Waals surface area contributed by atoms with Crippen LogP contribution < -0.4 is 15.2 Å². The number of hydrogen-bond acceptors (Lipinski definition) is 4. The van der Waals surface area contributed by atoms with E-state index in [0.29, 0.717) is 35.7 Å². The van der Waals surface area contributed by atoms with Gasteiger partial charge in [-0.05, 0) is 24.5 Å². The van der Waals surface area contributed by atoms with Gasteiger partial charge < -0.3 is 15.2 Å². The van der Waals surface area contributed by atoms with Crippen LogP contribution in [0, 0.1) is 0 Å². The van der Waals surface area contributed by atoms with E-state index in [4.69, 9.17) is 15.2 Å². The number of fused-ring (bicyclic) bond motifs is 1. The number of ether oxygens (including phenoxy) is 2. The molecule has 1 aliphatic heterocycles. The van der Waals surface area contributed by atoms with Crippen LogP contribution >= 0.6 is 0 Å². The normalized spacial score (nSPS) is 20.6. The Labute approximate surface area is 122 Å². The van der Waals surface area contributed by atoms with Crippen molar-refractivity contribution in [1.82, 2.24) is 0 Å². The summed E-state index contributed by atoms with van der Waals surface area (Å²) in [6, 6.07) is 3.69. The van der Waals surface area contributed by atoms with Gasteiger partial charge in [0.1, 0.15) is 13.2 Å². The lowest BCUT2D eigenvalue weighted by Crippen LogP contribution is -2.20. The Morgan fingerprint density at radius 3 is 2.45 bits per heavy atom. The van der Waals surface area contributed by atoms with Crippen molar-refractivity contribution in [2.45, 2.75) is 43.1 Å². The van der Waals surface area contributed by atoms with Crippen molar-refractivity contribution in [2.24, 2.45) is 0 Å². The van der Waals surface area contributed by atoms with Crippen LogP contribution in [0.15, 0.2) is 12.1 Å². The number of nitrogen functional groups attached to an aromatic ring is 1. The number of nitrogens with two attached hydrogens (primary N) is 1. The quantitative estimate of drug-likeness (QED) is 0.871. The van der Waals surface area contributed by atoms with Gasteiger partial charge in [0.25, 0.3) is 0 Å². The smallest absolute Gasteiger partial charge is 0.163 e.